The van der Waals surface area contributed by atoms with Gasteiger partial charge in [0.2, 0.25) is 0 Å². The molecule has 5 heteroatoms. The second-order valence-corrected chi connectivity index (χ2v) is 5.51. The lowest BCUT2D eigenvalue weighted by Crippen LogP contribution is -2.29. The van der Waals surface area contributed by atoms with Crippen LogP contribution in [0.4, 0.5) is 4.39 Å². The highest BCUT2D eigenvalue weighted by molar-refractivity contribution is 7.10. The third-order valence-corrected chi connectivity index (χ3v) is 4.60. The van der Waals surface area contributed by atoms with Crippen LogP contribution in [-0.4, -0.2) is 0 Å². The summed E-state index contributed by atoms with van der Waals surface area (Å²) in [6, 6.07) is 4.54. The highest BCUT2D eigenvalue weighted by atomic mass is 35.5. The zero-order valence-corrected chi connectivity index (χ0v) is 11.7. The average Bonchev–Trinajstić information content (AvgIpc) is 2.67. The number of aryl methyl sites for hydroxylation is 2. The Labute approximate surface area is 115 Å². The molecule has 2 aromatic rings. The molecule has 0 aliphatic heterocycles. The number of benzene rings is 1. The Morgan fingerprint density at radius 3 is 2.67 bits per heavy atom. The summed E-state index contributed by atoms with van der Waals surface area (Å²) >= 11 is 7.69. The molecule has 0 aliphatic rings. The van der Waals surface area contributed by atoms with Crippen LogP contribution in [0.2, 0.25) is 5.02 Å². The summed E-state index contributed by atoms with van der Waals surface area (Å²) < 4.78 is 13.9. The predicted octanol–water partition coefficient (Wildman–Crippen LogP) is 3.71. The Bertz CT molecular complexity index is 568. The molecule has 18 heavy (non-hydrogen) atoms. The van der Waals surface area contributed by atoms with E-state index in [2.05, 4.69) is 5.43 Å². The Balaban J connectivity index is 2.51. The van der Waals surface area contributed by atoms with Crippen molar-refractivity contribution < 1.29 is 4.39 Å². The lowest BCUT2D eigenvalue weighted by Gasteiger charge is -2.17. The van der Waals surface area contributed by atoms with Crippen LogP contribution < -0.4 is 11.3 Å². The molecule has 0 bridgehead atoms. The molecule has 1 atom stereocenters. The van der Waals surface area contributed by atoms with Crippen LogP contribution in [0.3, 0.4) is 0 Å². The molecule has 1 unspecified atom stereocenters. The van der Waals surface area contributed by atoms with Gasteiger partial charge in [-0.05, 0) is 30.9 Å². The fourth-order valence-corrected chi connectivity index (χ4v) is 3.21. The van der Waals surface area contributed by atoms with Gasteiger partial charge in [0.15, 0.2) is 0 Å². The molecular formula is C13H14ClFN2S. The second-order valence-electron chi connectivity index (χ2n) is 4.22. The number of nitrogens with one attached hydrogen (secondary N) is 1. The minimum Gasteiger partial charge on any atom is -0.271 e. The summed E-state index contributed by atoms with van der Waals surface area (Å²) in [5.41, 5.74) is 5.12. The average molecular weight is 285 g/mol. The number of halogens is 2. The van der Waals surface area contributed by atoms with E-state index in [0.29, 0.717) is 10.6 Å². The maximum atomic E-state index is 13.9. The standard InChI is InChI=1S/C13H14ClFN2S/c1-7-3-4-10(15)9(5-7)12(17-16)13-11(14)8(2)6-18-13/h3-6,12,17H,16H2,1-2H3. The van der Waals surface area contributed by atoms with Crippen LogP contribution in [0.1, 0.15) is 27.6 Å². The lowest BCUT2D eigenvalue weighted by atomic mass is 10.0. The van der Waals surface area contributed by atoms with Crippen molar-refractivity contribution in [3.8, 4) is 0 Å². The molecule has 1 heterocycles. The van der Waals surface area contributed by atoms with E-state index in [4.69, 9.17) is 17.4 Å². The Morgan fingerprint density at radius 1 is 1.39 bits per heavy atom. The van der Waals surface area contributed by atoms with Gasteiger partial charge in [0.1, 0.15) is 5.82 Å². The van der Waals surface area contributed by atoms with Crippen molar-refractivity contribution >= 4 is 22.9 Å². The first-order valence-electron chi connectivity index (χ1n) is 5.50. The van der Waals surface area contributed by atoms with Crippen LogP contribution in [0.5, 0.6) is 0 Å². The van der Waals surface area contributed by atoms with Crippen LogP contribution in [0.15, 0.2) is 23.6 Å². The van der Waals surface area contributed by atoms with Crippen LogP contribution in [0, 0.1) is 19.7 Å². The normalized spacial score (nSPS) is 12.7. The molecule has 0 spiro atoms. The smallest absolute Gasteiger partial charge is 0.128 e. The summed E-state index contributed by atoms with van der Waals surface area (Å²) in [5, 5.41) is 2.58. The number of hydrogen-bond donors (Lipinski definition) is 2. The summed E-state index contributed by atoms with van der Waals surface area (Å²) in [6.45, 7) is 3.83. The van der Waals surface area contributed by atoms with Gasteiger partial charge in [-0.15, -0.1) is 11.3 Å². The van der Waals surface area contributed by atoms with Crippen LogP contribution in [0.25, 0.3) is 0 Å². The van der Waals surface area contributed by atoms with Gasteiger partial charge in [0, 0.05) is 10.4 Å². The number of hydrazine groups is 1. The van der Waals surface area contributed by atoms with Crippen molar-refractivity contribution in [3.05, 3.63) is 56.0 Å². The van der Waals surface area contributed by atoms with E-state index >= 15 is 0 Å². The Hall–Kier alpha value is -0.940. The molecule has 0 amide bonds. The second kappa shape index (κ2) is 5.36. The largest absolute Gasteiger partial charge is 0.271 e. The van der Waals surface area contributed by atoms with Crippen molar-refractivity contribution in [3.63, 3.8) is 0 Å². The minimum absolute atomic E-state index is 0.286. The zero-order valence-electron chi connectivity index (χ0n) is 10.1. The van der Waals surface area contributed by atoms with Gasteiger partial charge in [-0.2, -0.15) is 0 Å². The van der Waals surface area contributed by atoms with Gasteiger partial charge in [0.05, 0.1) is 11.1 Å². The molecule has 2 rings (SSSR count). The van der Waals surface area contributed by atoms with Gasteiger partial charge in [-0.25, -0.2) is 9.82 Å². The van der Waals surface area contributed by atoms with E-state index in [1.165, 1.54) is 17.4 Å². The predicted molar refractivity (Wildman–Crippen MR) is 74.4 cm³/mol. The molecule has 1 aromatic heterocycles. The molecular weight excluding hydrogens is 271 g/mol. The third kappa shape index (κ3) is 2.42. The number of thiophene rings is 1. The number of nitrogens with two attached hydrogens (primary N) is 1. The van der Waals surface area contributed by atoms with E-state index in [1.54, 1.807) is 12.1 Å². The van der Waals surface area contributed by atoms with E-state index in [0.717, 1.165) is 16.0 Å². The molecule has 0 radical (unpaired) electrons. The van der Waals surface area contributed by atoms with E-state index < -0.39 is 6.04 Å². The molecule has 3 N–H and O–H groups in total. The van der Waals surface area contributed by atoms with Gasteiger partial charge >= 0.3 is 0 Å². The molecule has 96 valence electrons. The highest BCUT2D eigenvalue weighted by Crippen LogP contribution is 2.36. The first-order valence-corrected chi connectivity index (χ1v) is 6.76. The van der Waals surface area contributed by atoms with E-state index in [1.807, 2.05) is 19.2 Å². The van der Waals surface area contributed by atoms with Crippen molar-refractivity contribution in [2.24, 2.45) is 5.84 Å². The maximum absolute atomic E-state index is 13.9. The van der Waals surface area contributed by atoms with Crippen LogP contribution in [-0.2, 0) is 0 Å². The molecule has 2 nitrogen and oxygen atoms in total. The summed E-state index contributed by atoms with van der Waals surface area (Å²) in [4.78, 5) is 0.834. The molecule has 0 aliphatic carbocycles. The monoisotopic (exact) mass is 284 g/mol. The van der Waals surface area contributed by atoms with E-state index in [9.17, 15) is 4.39 Å². The van der Waals surface area contributed by atoms with Crippen molar-refractivity contribution in [1.29, 1.82) is 0 Å². The first-order chi connectivity index (χ1) is 8.54. The van der Waals surface area contributed by atoms with Crippen LogP contribution >= 0.6 is 22.9 Å². The van der Waals surface area contributed by atoms with Gasteiger partial charge < -0.3 is 0 Å². The quantitative estimate of drug-likeness (QED) is 0.666. The molecule has 1 aromatic carbocycles. The minimum atomic E-state index is -0.420. The molecule has 0 saturated heterocycles. The van der Waals surface area contributed by atoms with Gasteiger partial charge in [-0.3, -0.25) is 5.84 Å². The summed E-state index contributed by atoms with van der Waals surface area (Å²) in [7, 11) is 0. The van der Waals surface area contributed by atoms with Crippen molar-refractivity contribution in [1.82, 2.24) is 5.43 Å². The van der Waals surface area contributed by atoms with Gasteiger partial charge in [-0.1, -0.05) is 29.3 Å². The fraction of sp³-hybridized carbons (Fsp3) is 0.231. The third-order valence-electron chi connectivity index (χ3n) is 2.82. The number of hydrogen-bond acceptors (Lipinski definition) is 3. The summed E-state index contributed by atoms with van der Waals surface area (Å²) in [5.74, 6) is 5.28. The van der Waals surface area contributed by atoms with Crippen molar-refractivity contribution in [2.45, 2.75) is 19.9 Å². The Kier molecular flexibility index (Phi) is 4.02. The maximum Gasteiger partial charge on any atom is 0.128 e. The first kappa shape index (κ1) is 13.5. The highest BCUT2D eigenvalue weighted by Gasteiger charge is 2.21. The topological polar surface area (TPSA) is 38.0 Å². The van der Waals surface area contributed by atoms with Crippen molar-refractivity contribution in [2.75, 3.05) is 0 Å². The molecule has 0 fully saturated rings. The Morgan fingerprint density at radius 2 is 2.11 bits per heavy atom. The molecule has 0 saturated carbocycles. The zero-order chi connectivity index (χ0) is 13.3. The van der Waals surface area contributed by atoms with Gasteiger partial charge in [0.25, 0.3) is 0 Å². The SMILES string of the molecule is Cc1ccc(F)c(C(NN)c2scc(C)c2Cl)c1. The number of rotatable bonds is 3. The summed E-state index contributed by atoms with van der Waals surface area (Å²) in [6.07, 6.45) is 0. The lowest BCUT2D eigenvalue weighted by molar-refractivity contribution is 0.563. The fourth-order valence-electron chi connectivity index (χ4n) is 1.84. The van der Waals surface area contributed by atoms with E-state index in [-0.39, 0.29) is 5.82 Å².